The van der Waals surface area contributed by atoms with Crippen LogP contribution in [0.5, 0.6) is 5.75 Å². The Bertz CT molecular complexity index is 416. The lowest BCUT2D eigenvalue weighted by molar-refractivity contribution is -0.123. The second kappa shape index (κ2) is 6.82. The molecule has 1 aliphatic heterocycles. The molecule has 1 fully saturated rings. The molecule has 0 aliphatic carbocycles. The Balaban J connectivity index is 2.00. The lowest BCUT2D eigenvalue weighted by Gasteiger charge is -2.20. The highest BCUT2D eigenvalue weighted by atomic mass is 32.2. The van der Waals surface area contributed by atoms with Crippen molar-refractivity contribution in [3.63, 3.8) is 0 Å². The summed E-state index contributed by atoms with van der Waals surface area (Å²) in [7, 11) is 1.65. The minimum Gasteiger partial charge on any atom is -0.497 e. The first-order chi connectivity index (χ1) is 9.24. The SMILES string of the molecule is CCC(NC(=O)C1CSCN1)c1ccc(OC)cc1. The molecule has 0 saturated carbocycles. The molecule has 2 N–H and O–H groups in total. The largest absolute Gasteiger partial charge is 0.497 e. The second-order valence-corrected chi connectivity index (χ2v) is 5.54. The van der Waals surface area contributed by atoms with Gasteiger partial charge in [-0.3, -0.25) is 10.1 Å². The van der Waals surface area contributed by atoms with Gasteiger partial charge in [-0.25, -0.2) is 0 Å². The van der Waals surface area contributed by atoms with Crippen molar-refractivity contribution >= 4 is 17.7 Å². The Morgan fingerprint density at radius 3 is 2.79 bits per heavy atom. The minimum absolute atomic E-state index is 0.0581. The van der Waals surface area contributed by atoms with Crippen LogP contribution in [0.4, 0.5) is 0 Å². The van der Waals surface area contributed by atoms with Gasteiger partial charge in [0.15, 0.2) is 0 Å². The van der Waals surface area contributed by atoms with Crippen LogP contribution in [0.15, 0.2) is 24.3 Å². The highest BCUT2D eigenvalue weighted by molar-refractivity contribution is 7.99. The van der Waals surface area contributed by atoms with Crippen molar-refractivity contribution in [2.24, 2.45) is 0 Å². The van der Waals surface area contributed by atoms with Gasteiger partial charge < -0.3 is 10.1 Å². The van der Waals surface area contributed by atoms with Crippen molar-refractivity contribution in [3.8, 4) is 5.75 Å². The Kier molecular flexibility index (Phi) is 5.10. The van der Waals surface area contributed by atoms with E-state index < -0.39 is 0 Å². The normalized spacial score (nSPS) is 20.0. The van der Waals surface area contributed by atoms with E-state index in [0.717, 1.165) is 29.4 Å². The van der Waals surface area contributed by atoms with Crippen molar-refractivity contribution in [1.29, 1.82) is 0 Å². The van der Waals surface area contributed by atoms with Gasteiger partial charge in [0.2, 0.25) is 5.91 Å². The molecule has 2 rings (SSSR count). The summed E-state index contributed by atoms with van der Waals surface area (Å²) in [6, 6.07) is 7.86. The summed E-state index contributed by atoms with van der Waals surface area (Å²) < 4.78 is 5.14. The Labute approximate surface area is 118 Å². The highest BCUT2D eigenvalue weighted by Gasteiger charge is 2.24. The van der Waals surface area contributed by atoms with Crippen molar-refractivity contribution in [1.82, 2.24) is 10.6 Å². The molecule has 0 bridgehead atoms. The number of nitrogens with one attached hydrogen (secondary N) is 2. The van der Waals surface area contributed by atoms with E-state index >= 15 is 0 Å². The van der Waals surface area contributed by atoms with Gasteiger partial charge in [-0.1, -0.05) is 19.1 Å². The molecule has 1 aromatic carbocycles. The summed E-state index contributed by atoms with van der Waals surface area (Å²) in [6.07, 6.45) is 0.873. The van der Waals surface area contributed by atoms with Crippen LogP contribution in [0, 0.1) is 0 Å². The van der Waals surface area contributed by atoms with Crippen LogP contribution in [-0.2, 0) is 4.79 Å². The standard InChI is InChI=1S/C14H20N2O2S/c1-3-12(10-4-6-11(18-2)7-5-10)16-14(17)13-8-19-9-15-13/h4-7,12-13,15H,3,8-9H2,1-2H3,(H,16,17). The fourth-order valence-electron chi connectivity index (χ4n) is 2.09. The third-order valence-electron chi connectivity index (χ3n) is 3.28. The molecule has 104 valence electrons. The van der Waals surface area contributed by atoms with Crippen LogP contribution in [-0.4, -0.2) is 30.7 Å². The first-order valence-electron chi connectivity index (χ1n) is 6.50. The number of carbonyl (C=O) groups excluding carboxylic acids is 1. The zero-order valence-electron chi connectivity index (χ0n) is 11.3. The van der Waals surface area contributed by atoms with Gasteiger partial charge in [0.1, 0.15) is 5.75 Å². The number of ether oxygens (including phenoxy) is 1. The number of amides is 1. The van der Waals surface area contributed by atoms with E-state index in [1.54, 1.807) is 18.9 Å². The van der Waals surface area contributed by atoms with Crippen LogP contribution in [0.3, 0.4) is 0 Å². The number of thioether (sulfide) groups is 1. The molecular formula is C14H20N2O2S. The van der Waals surface area contributed by atoms with Crippen LogP contribution in [0.2, 0.25) is 0 Å². The molecule has 1 heterocycles. The molecule has 19 heavy (non-hydrogen) atoms. The van der Waals surface area contributed by atoms with Gasteiger partial charge in [-0.2, -0.15) is 0 Å². The lowest BCUT2D eigenvalue weighted by Crippen LogP contribution is -2.43. The molecule has 1 aliphatic rings. The van der Waals surface area contributed by atoms with E-state index in [0.29, 0.717) is 0 Å². The lowest BCUT2D eigenvalue weighted by atomic mass is 10.0. The summed E-state index contributed by atoms with van der Waals surface area (Å²) in [5, 5.41) is 6.29. The van der Waals surface area contributed by atoms with E-state index in [9.17, 15) is 4.79 Å². The Morgan fingerprint density at radius 2 is 2.26 bits per heavy atom. The first-order valence-corrected chi connectivity index (χ1v) is 7.65. The summed E-state index contributed by atoms with van der Waals surface area (Å²) in [5.41, 5.74) is 1.11. The zero-order chi connectivity index (χ0) is 13.7. The van der Waals surface area contributed by atoms with Gasteiger partial charge >= 0.3 is 0 Å². The minimum atomic E-state index is -0.0581. The molecule has 2 atom stereocenters. The smallest absolute Gasteiger partial charge is 0.238 e. The average Bonchev–Trinajstić information content (AvgIpc) is 2.99. The quantitative estimate of drug-likeness (QED) is 0.865. The second-order valence-electron chi connectivity index (χ2n) is 4.51. The van der Waals surface area contributed by atoms with Crippen molar-refractivity contribution < 1.29 is 9.53 Å². The van der Waals surface area contributed by atoms with Gasteiger partial charge in [0.05, 0.1) is 19.2 Å². The molecule has 0 radical (unpaired) electrons. The number of methoxy groups -OCH3 is 1. The Morgan fingerprint density at radius 1 is 1.53 bits per heavy atom. The number of rotatable bonds is 5. The van der Waals surface area contributed by atoms with Crippen LogP contribution < -0.4 is 15.4 Å². The average molecular weight is 280 g/mol. The van der Waals surface area contributed by atoms with E-state index in [-0.39, 0.29) is 18.0 Å². The van der Waals surface area contributed by atoms with E-state index in [1.165, 1.54) is 0 Å². The monoisotopic (exact) mass is 280 g/mol. The van der Waals surface area contributed by atoms with Crippen molar-refractivity contribution in [2.75, 3.05) is 18.7 Å². The molecular weight excluding hydrogens is 260 g/mol. The molecule has 0 aromatic heterocycles. The van der Waals surface area contributed by atoms with Gasteiger partial charge in [-0.15, -0.1) is 11.8 Å². The fourth-order valence-corrected chi connectivity index (χ4v) is 3.04. The summed E-state index contributed by atoms with van der Waals surface area (Å²) in [6.45, 7) is 2.08. The van der Waals surface area contributed by atoms with Crippen molar-refractivity contribution in [3.05, 3.63) is 29.8 Å². The molecule has 1 aromatic rings. The molecule has 1 saturated heterocycles. The number of benzene rings is 1. The third kappa shape index (κ3) is 3.64. The fraction of sp³-hybridized carbons (Fsp3) is 0.500. The third-order valence-corrected chi connectivity index (χ3v) is 4.22. The molecule has 5 heteroatoms. The number of hydrogen-bond acceptors (Lipinski definition) is 4. The van der Waals surface area contributed by atoms with Gasteiger partial charge in [-0.05, 0) is 24.1 Å². The first kappa shape index (κ1) is 14.2. The predicted molar refractivity (Wildman–Crippen MR) is 78.4 cm³/mol. The molecule has 2 unspecified atom stereocenters. The maximum absolute atomic E-state index is 12.1. The van der Waals surface area contributed by atoms with Crippen LogP contribution in [0.1, 0.15) is 24.9 Å². The van der Waals surface area contributed by atoms with E-state index in [1.807, 2.05) is 24.3 Å². The summed E-state index contributed by atoms with van der Waals surface area (Å²) in [4.78, 5) is 12.1. The summed E-state index contributed by atoms with van der Waals surface area (Å²) in [5.74, 6) is 2.63. The number of carbonyl (C=O) groups is 1. The summed E-state index contributed by atoms with van der Waals surface area (Å²) >= 11 is 1.76. The van der Waals surface area contributed by atoms with Gasteiger partial charge in [0, 0.05) is 11.6 Å². The topological polar surface area (TPSA) is 50.4 Å². The maximum atomic E-state index is 12.1. The van der Waals surface area contributed by atoms with E-state index in [4.69, 9.17) is 4.74 Å². The van der Waals surface area contributed by atoms with Crippen LogP contribution >= 0.6 is 11.8 Å². The number of hydrogen-bond donors (Lipinski definition) is 2. The predicted octanol–water partition coefficient (Wildman–Crippen LogP) is 1.92. The highest BCUT2D eigenvalue weighted by Crippen LogP contribution is 2.20. The zero-order valence-corrected chi connectivity index (χ0v) is 12.1. The van der Waals surface area contributed by atoms with Crippen LogP contribution in [0.25, 0.3) is 0 Å². The maximum Gasteiger partial charge on any atom is 0.238 e. The van der Waals surface area contributed by atoms with Gasteiger partial charge in [0.25, 0.3) is 0 Å². The van der Waals surface area contributed by atoms with Crippen molar-refractivity contribution in [2.45, 2.75) is 25.4 Å². The Hall–Kier alpha value is -1.20. The molecule has 0 spiro atoms. The van der Waals surface area contributed by atoms with E-state index in [2.05, 4.69) is 17.6 Å². The molecule has 4 nitrogen and oxygen atoms in total. The molecule has 1 amide bonds.